The molecule has 1 N–H and O–H groups in total. The normalized spacial score (nSPS) is 15.9. The molecule has 0 aliphatic carbocycles. The Hall–Kier alpha value is -0.530. The summed E-state index contributed by atoms with van der Waals surface area (Å²) in [5.74, 6) is 0. The number of benzene rings is 1. The zero-order chi connectivity index (χ0) is 8.27. The number of hydrogen-bond acceptors (Lipinski definition) is 1. The van der Waals surface area contributed by atoms with E-state index in [2.05, 4.69) is 0 Å². The Morgan fingerprint density at radius 3 is 2.27 bits per heavy atom. The van der Waals surface area contributed by atoms with Crippen LogP contribution in [0.2, 0.25) is 0 Å². The average Bonchev–Trinajstić information content (AvgIpc) is 2.05. The Morgan fingerprint density at radius 2 is 1.82 bits per heavy atom. The Kier molecular flexibility index (Phi) is 2.92. The summed E-state index contributed by atoms with van der Waals surface area (Å²) in [6.07, 6.45) is -0.501. The summed E-state index contributed by atoms with van der Waals surface area (Å²) in [6.45, 7) is 1.69. The summed E-state index contributed by atoms with van der Waals surface area (Å²) in [5.41, 5.74) is 0.962. The number of aliphatic hydroxyl groups is 1. The first-order valence-corrected chi connectivity index (χ1v) is 4.02. The number of halogens is 1. The average molecular weight is 171 g/mol. The molecule has 0 fully saturated rings. The molecule has 0 saturated carbocycles. The minimum Gasteiger partial charge on any atom is -0.392 e. The molecule has 2 atom stereocenters. The van der Waals surface area contributed by atoms with Crippen LogP contribution in [0.3, 0.4) is 0 Å². The second kappa shape index (κ2) is 3.74. The van der Waals surface area contributed by atoms with Gasteiger partial charge < -0.3 is 5.11 Å². The van der Waals surface area contributed by atoms with E-state index < -0.39 is 6.10 Å². The second-order valence-corrected chi connectivity index (χ2v) is 3.02. The summed E-state index contributed by atoms with van der Waals surface area (Å²) < 4.78 is 0. The minimum atomic E-state index is -0.501. The van der Waals surface area contributed by atoms with Crippen LogP contribution in [0.25, 0.3) is 0 Å². The van der Waals surface area contributed by atoms with Gasteiger partial charge in [0.25, 0.3) is 0 Å². The summed E-state index contributed by atoms with van der Waals surface area (Å²) >= 11 is 5.89. The quantitative estimate of drug-likeness (QED) is 0.676. The highest BCUT2D eigenvalue weighted by Crippen LogP contribution is 2.23. The lowest BCUT2D eigenvalue weighted by molar-refractivity contribution is 0.190. The van der Waals surface area contributed by atoms with Gasteiger partial charge in [0, 0.05) is 0 Å². The van der Waals surface area contributed by atoms with Crippen LogP contribution in [0.4, 0.5) is 0 Å². The van der Waals surface area contributed by atoms with Gasteiger partial charge in [0.05, 0.1) is 11.5 Å². The van der Waals surface area contributed by atoms with Gasteiger partial charge in [-0.1, -0.05) is 30.3 Å². The van der Waals surface area contributed by atoms with Crippen molar-refractivity contribution in [2.75, 3.05) is 0 Å². The molecule has 0 aliphatic rings. The third-order valence-corrected chi connectivity index (χ3v) is 2.16. The van der Waals surface area contributed by atoms with Crippen LogP contribution in [0, 0.1) is 0 Å². The number of hydrogen-bond donors (Lipinski definition) is 1. The van der Waals surface area contributed by atoms with E-state index in [1.54, 1.807) is 6.92 Å². The Labute approximate surface area is 71.6 Å². The zero-order valence-electron chi connectivity index (χ0n) is 6.37. The first-order valence-electron chi connectivity index (χ1n) is 3.59. The van der Waals surface area contributed by atoms with Crippen LogP contribution in [-0.2, 0) is 0 Å². The molecular formula is C9H11ClO. The van der Waals surface area contributed by atoms with Crippen molar-refractivity contribution in [1.82, 2.24) is 0 Å². The van der Waals surface area contributed by atoms with Crippen molar-refractivity contribution in [3.63, 3.8) is 0 Å². The van der Waals surface area contributed by atoms with Gasteiger partial charge in [-0.15, -0.1) is 11.6 Å². The Bertz CT molecular complexity index is 208. The molecule has 60 valence electrons. The van der Waals surface area contributed by atoms with Crippen LogP contribution in [0.5, 0.6) is 0 Å². The van der Waals surface area contributed by atoms with Crippen LogP contribution in [-0.4, -0.2) is 11.2 Å². The number of rotatable bonds is 2. The highest BCUT2D eigenvalue weighted by atomic mass is 35.5. The molecule has 0 aromatic heterocycles. The Balaban J connectivity index is 2.77. The van der Waals surface area contributed by atoms with E-state index in [4.69, 9.17) is 16.7 Å². The molecule has 1 nitrogen and oxygen atoms in total. The molecular weight excluding hydrogens is 160 g/mol. The lowest BCUT2D eigenvalue weighted by Gasteiger charge is -2.11. The second-order valence-electron chi connectivity index (χ2n) is 2.55. The molecule has 1 aromatic rings. The van der Waals surface area contributed by atoms with E-state index >= 15 is 0 Å². The predicted octanol–water partition coefficient (Wildman–Crippen LogP) is 2.35. The fourth-order valence-corrected chi connectivity index (χ4v) is 1.06. The van der Waals surface area contributed by atoms with E-state index in [0.29, 0.717) is 0 Å². The van der Waals surface area contributed by atoms with Crippen molar-refractivity contribution in [2.45, 2.75) is 18.4 Å². The molecule has 0 saturated heterocycles. The maximum atomic E-state index is 9.14. The van der Waals surface area contributed by atoms with Gasteiger partial charge in [-0.3, -0.25) is 0 Å². The molecule has 0 heterocycles. The monoisotopic (exact) mass is 170 g/mol. The van der Waals surface area contributed by atoms with Crippen LogP contribution in [0.1, 0.15) is 17.9 Å². The van der Waals surface area contributed by atoms with Gasteiger partial charge in [-0.25, -0.2) is 0 Å². The summed E-state index contributed by atoms with van der Waals surface area (Å²) in [6, 6.07) is 9.56. The molecule has 0 spiro atoms. The standard InChI is InChI=1S/C9H11ClO/c1-7(11)9(10)8-5-3-2-4-6-8/h2-7,9,11H,1H3/t7-,9+/m1/s1. The van der Waals surface area contributed by atoms with Crippen molar-refractivity contribution in [2.24, 2.45) is 0 Å². The van der Waals surface area contributed by atoms with E-state index in [1.165, 1.54) is 0 Å². The Morgan fingerprint density at radius 1 is 1.27 bits per heavy atom. The molecule has 0 bridgehead atoms. The number of aliphatic hydroxyl groups excluding tert-OH is 1. The molecule has 2 heteroatoms. The molecule has 0 unspecified atom stereocenters. The topological polar surface area (TPSA) is 20.2 Å². The third-order valence-electron chi connectivity index (χ3n) is 1.54. The summed E-state index contributed by atoms with van der Waals surface area (Å²) in [4.78, 5) is 0. The van der Waals surface area contributed by atoms with Crippen LogP contribution < -0.4 is 0 Å². The highest BCUT2D eigenvalue weighted by molar-refractivity contribution is 6.21. The van der Waals surface area contributed by atoms with Crippen LogP contribution >= 0.6 is 11.6 Å². The van der Waals surface area contributed by atoms with Crippen molar-refractivity contribution < 1.29 is 5.11 Å². The van der Waals surface area contributed by atoms with Crippen molar-refractivity contribution in [1.29, 1.82) is 0 Å². The lowest BCUT2D eigenvalue weighted by Crippen LogP contribution is -2.08. The predicted molar refractivity (Wildman–Crippen MR) is 46.7 cm³/mol. The van der Waals surface area contributed by atoms with Crippen molar-refractivity contribution in [3.05, 3.63) is 35.9 Å². The van der Waals surface area contributed by atoms with Gasteiger partial charge in [-0.2, -0.15) is 0 Å². The fourth-order valence-electron chi connectivity index (χ4n) is 0.915. The molecule has 1 rings (SSSR count). The zero-order valence-corrected chi connectivity index (χ0v) is 7.12. The van der Waals surface area contributed by atoms with Gasteiger partial charge in [0.1, 0.15) is 0 Å². The molecule has 11 heavy (non-hydrogen) atoms. The first-order chi connectivity index (χ1) is 5.22. The smallest absolute Gasteiger partial charge is 0.0841 e. The summed E-state index contributed by atoms with van der Waals surface area (Å²) in [5, 5.41) is 8.85. The maximum Gasteiger partial charge on any atom is 0.0841 e. The molecule has 1 aromatic carbocycles. The van der Waals surface area contributed by atoms with Gasteiger partial charge in [-0.05, 0) is 12.5 Å². The highest BCUT2D eigenvalue weighted by Gasteiger charge is 2.12. The van der Waals surface area contributed by atoms with E-state index in [1.807, 2.05) is 30.3 Å². The SMILES string of the molecule is C[C@@H](O)[C@H](Cl)c1ccccc1. The van der Waals surface area contributed by atoms with E-state index in [-0.39, 0.29) is 5.38 Å². The van der Waals surface area contributed by atoms with Crippen molar-refractivity contribution >= 4 is 11.6 Å². The maximum absolute atomic E-state index is 9.14. The molecule has 0 amide bonds. The fraction of sp³-hybridized carbons (Fsp3) is 0.333. The minimum absolute atomic E-state index is 0.295. The van der Waals surface area contributed by atoms with Crippen molar-refractivity contribution in [3.8, 4) is 0 Å². The number of alkyl halides is 1. The molecule has 0 aliphatic heterocycles. The summed E-state index contributed by atoms with van der Waals surface area (Å²) in [7, 11) is 0. The van der Waals surface area contributed by atoms with E-state index in [9.17, 15) is 0 Å². The largest absolute Gasteiger partial charge is 0.392 e. The van der Waals surface area contributed by atoms with E-state index in [0.717, 1.165) is 5.56 Å². The third kappa shape index (κ3) is 2.21. The lowest BCUT2D eigenvalue weighted by atomic mass is 10.1. The van der Waals surface area contributed by atoms with Gasteiger partial charge in [0.15, 0.2) is 0 Å². The van der Waals surface area contributed by atoms with Crippen LogP contribution in [0.15, 0.2) is 30.3 Å². The first kappa shape index (κ1) is 8.57. The van der Waals surface area contributed by atoms with Gasteiger partial charge in [0.2, 0.25) is 0 Å². The molecule has 0 radical (unpaired) electrons. The van der Waals surface area contributed by atoms with Gasteiger partial charge >= 0.3 is 0 Å².